The van der Waals surface area contributed by atoms with Gasteiger partial charge in [0.25, 0.3) is 0 Å². The van der Waals surface area contributed by atoms with Crippen molar-refractivity contribution in [3.05, 3.63) is 60.2 Å². The zero-order valence-electron chi connectivity index (χ0n) is 13.4. The first-order valence-electron chi connectivity index (χ1n) is 7.82. The summed E-state index contributed by atoms with van der Waals surface area (Å²) in [5.41, 5.74) is 1.91. The second kappa shape index (κ2) is 6.66. The number of carbonyl (C=O) groups is 3. The maximum Gasteiger partial charge on any atom is 0.229 e. The lowest BCUT2D eigenvalue weighted by Crippen LogP contribution is -2.28. The monoisotopic (exact) mass is 322 g/mol. The SMILES string of the molecule is CC(=O)c1cccc(NC(=O)[C@H]2CC(=O)N(c3ccccc3)C2)c1. The largest absolute Gasteiger partial charge is 0.326 e. The van der Waals surface area contributed by atoms with Crippen molar-refractivity contribution >= 4 is 29.0 Å². The second-order valence-corrected chi connectivity index (χ2v) is 5.87. The predicted octanol–water partition coefficient (Wildman–Crippen LogP) is 2.88. The van der Waals surface area contributed by atoms with Crippen LogP contribution in [-0.4, -0.2) is 24.1 Å². The van der Waals surface area contributed by atoms with Crippen LogP contribution < -0.4 is 10.2 Å². The third kappa shape index (κ3) is 3.35. The van der Waals surface area contributed by atoms with E-state index in [1.165, 1.54) is 6.92 Å². The van der Waals surface area contributed by atoms with Crippen molar-refractivity contribution in [3.63, 3.8) is 0 Å². The summed E-state index contributed by atoms with van der Waals surface area (Å²) in [5.74, 6) is -0.725. The van der Waals surface area contributed by atoms with Crippen molar-refractivity contribution in [1.29, 1.82) is 0 Å². The van der Waals surface area contributed by atoms with Gasteiger partial charge in [0, 0.05) is 29.9 Å². The molecule has 1 atom stereocenters. The summed E-state index contributed by atoms with van der Waals surface area (Å²) >= 11 is 0. The van der Waals surface area contributed by atoms with Crippen molar-refractivity contribution < 1.29 is 14.4 Å². The van der Waals surface area contributed by atoms with Crippen molar-refractivity contribution in [1.82, 2.24) is 0 Å². The van der Waals surface area contributed by atoms with Crippen molar-refractivity contribution in [2.75, 3.05) is 16.8 Å². The average molecular weight is 322 g/mol. The van der Waals surface area contributed by atoms with Gasteiger partial charge in [-0.2, -0.15) is 0 Å². The molecule has 2 aromatic carbocycles. The topological polar surface area (TPSA) is 66.5 Å². The van der Waals surface area contributed by atoms with E-state index in [1.807, 2.05) is 30.3 Å². The maximum absolute atomic E-state index is 12.4. The Balaban J connectivity index is 1.69. The summed E-state index contributed by atoms with van der Waals surface area (Å²) in [6, 6.07) is 16.1. The highest BCUT2D eigenvalue weighted by molar-refractivity contribution is 6.04. The molecular weight excluding hydrogens is 304 g/mol. The van der Waals surface area contributed by atoms with Crippen LogP contribution in [0.5, 0.6) is 0 Å². The molecule has 1 heterocycles. The van der Waals surface area contributed by atoms with Gasteiger partial charge < -0.3 is 10.2 Å². The molecule has 5 nitrogen and oxygen atoms in total. The number of rotatable bonds is 4. The number of nitrogens with one attached hydrogen (secondary N) is 1. The first kappa shape index (κ1) is 15.9. The van der Waals surface area contributed by atoms with E-state index >= 15 is 0 Å². The van der Waals surface area contributed by atoms with Crippen molar-refractivity contribution in [3.8, 4) is 0 Å². The molecule has 122 valence electrons. The second-order valence-electron chi connectivity index (χ2n) is 5.87. The van der Waals surface area contributed by atoms with E-state index in [1.54, 1.807) is 29.2 Å². The third-order valence-electron chi connectivity index (χ3n) is 4.10. The van der Waals surface area contributed by atoms with E-state index in [2.05, 4.69) is 5.32 Å². The van der Waals surface area contributed by atoms with Gasteiger partial charge in [-0.15, -0.1) is 0 Å². The predicted molar refractivity (Wildman–Crippen MR) is 92.0 cm³/mol. The molecule has 0 aliphatic carbocycles. The molecule has 0 spiro atoms. The zero-order chi connectivity index (χ0) is 17.1. The maximum atomic E-state index is 12.4. The van der Waals surface area contributed by atoms with Crippen LogP contribution in [0.3, 0.4) is 0 Å². The summed E-state index contributed by atoms with van der Waals surface area (Å²) in [7, 11) is 0. The van der Waals surface area contributed by atoms with E-state index in [4.69, 9.17) is 0 Å². The lowest BCUT2D eigenvalue weighted by atomic mass is 10.1. The lowest BCUT2D eigenvalue weighted by Gasteiger charge is -2.16. The molecule has 0 saturated carbocycles. The summed E-state index contributed by atoms with van der Waals surface area (Å²) in [4.78, 5) is 37.7. The van der Waals surface area contributed by atoms with Gasteiger partial charge >= 0.3 is 0 Å². The van der Waals surface area contributed by atoms with Crippen LogP contribution in [0.15, 0.2) is 54.6 Å². The van der Waals surface area contributed by atoms with Crippen LogP contribution in [0.2, 0.25) is 0 Å². The quantitative estimate of drug-likeness (QED) is 0.880. The Morgan fingerprint density at radius 1 is 1.08 bits per heavy atom. The number of hydrogen-bond donors (Lipinski definition) is 1. The Morgan fingerprint density at radius 2 is 1.83 bits per heavy atom. The van der Waals surface area contributed by atoms with Gasteiger partial charge in [0.2, 0.25) is 11.8 Å². The first-order chi connectivity index (χ1) is 11.5. The number of amides is 2. The Bertz CT molecular complexity index is 786. The molecule has 2 aromatic rings. The molecule has 0 unspecified atom stereocenters. The fourth-order valence-electron chi connectivity index (χ4n) is 2.80. The molecule has 1 aliphatic heterocycles. The highest BCUT2D eigenvalue weighted by Gasteiger charge is 2.35. The van der Waals surface area contributed by atoms with Crippen LogP contribution in [-0.2, 0) is 9.59 Å². The van der Waals surface area contributed by atoms with Gasteiger partial charge in [-0.3, -0.25) is 14.4 Å². The summed E-state index contributed by atoms with van der Waals surface area (Å²) < 4.78 is 0. The normalized spacial score (nSPS) is 17.0. The number of anilines is 2. The van der Waals surface area contributed by atoms with Crippen LogP contribution in [0, 0.1) is 5.92 Å². The zero-order valence-corrected chi connectivity index (χ0v) is 13.4. The molecule has 3 rings (SSSR count). The molecule has 2 amide bonds. The summed E-state index contributed by atoms with van der Waals surface area (Å²) in [6.07, 6.45) is 0.188. The highest BCUT2D eigenvalue weighted by Crippen LogP contribution is 2.25. The molecule has 1 fully saturated rings. The third-order valence-corrected chi connectivity index (χ3v) is 4.10. The molecule has 0 radical (unpaired) electrons. The molecule has 0 bridgehead atoms. The number of benzene rings is 2. The lowest BCUT2D eigenvalue weighted by molar-refractivity contribution is -0.122. The molecule has 1 aliphatic rings. The Kier molecular flexibility index (Phi) is 4.42. The van der Waals surface area contributed by atoms with Crippen LogP contribution in [0.1, 0.15) is 23.7 Å². The fourth-order valence-corrected chi connectivity index (χ4v) is 2.80. The van der Waals surface area contributed by atoms with Crippen LogP contribution in [0.25, 0.3) is 0 Å². The molecule has 1 N–H and O–H groups in total. The van der Waals surface area contributed by atoms with Gasteiger partial charge in [0.15, 0.2) is 5.78 Å². The Hall–Kier alpha value is -2.95. The summed E-state index contributed by atoms with van der Waals surface area (Å²) in [6.45, 7) is 1.84. The first-order valence-corrected chi connectivity index (χ1v) is 7.82. The molecular formula is C19H18N2O3. The smallest absolute Gasteiger partial charge is 0.229 e. The van der Waals surface area contributed by atoms with E-state index in [9.17, 15) is 14.4 Å². The minimum atomic E-state index is -0.404. The number of hydrogen-bond acceptors (Lipinski definition) is 3. The number of para-hydroxylation sites is 1. The average Bonchev–Trinajstić information content (AvgIpc) is 2.98. The highest BCUT2D eigenvalue weighted by atomic mass is 16.2. The Labute approximate surface area is 140 Å². The van der Waals surface area contributed by atoms with Gasteiger partial charge in [0.1, 0.15) is 0 Å². The van der Waals surface area contributed by atoms with Gasteiger partial charge in [-0.25, -0.2) is 0 Å². The van der Waals surface area contributed by atoms with Gasteiger partial charge in [-0.1, -0.05) is 30.3 Å². The standard InChI is InChI=1S/C19H18N2O3/c1-13(22)14-6-5-7-16(10-14)20-19(24)15-11-18(23)21(12-15)17-8-3-2-4-9-17/h2-10,15H,11-12H2,1H3,(H,20,24)/t15-/m0/s1. The van der Waals surface area contributed by atoms with Crippen molar-refractivity contribution in [2.45, 2.75) is 13.3 Å². The van der Waals surface area contributed by atoms with Crippen molar-refractivity contribution in [2.24, 2.45) is 5.92 Å². The minimum Gasteiger partial charge on any atom is -0.326 e. The minimum absolute atomic E-state index is 0.0566. The summed E-state index contributed by atoms with van der Waals surface area (Å²) in [5, 5.41) is 2.80. The number of ketones is 1. The van der Waals surface area contributed by atoms with E-state index < -0.39 is 5.92 Å². The van der Waals surface area contributed by atoms with Gasteiger partial charge in [0.05, 0.1) is 5.92 Å². The molecule has 5 heteroatoms. The van der Waals surface area contributed by atoms with E-state index in [0.717, 1.165) is 5.69 Å². The Morgan fingerprint density at radius 3 is 2.54 bits per heavy atom. The van der Waals surface area contributed by atoms with Gasteiger partial charge in [-0.05, 0) is 31.2 Å². The fraction of sp³-hybridized carbons (Fsp3) is 0.211. The molecule has 0 aromatic heterocycles. The number of carbonyl (C=O) groups excluding carboxylic acids is 3. The van der Waals surface area contributed by atoms with E-state index in [0.29, 0.717) is 17.8 Å². The van der Waals surface area contributed by atoms with E-state index in [-0.39, 0.29) is 24.0 Å². The number of nitrogens with zero attached hydrogens (tertiary/aromatic N) is 1. The molecule has 1 saturated heterocycles. The number of Topliss-reactive ketones (excluding diaryl/α,β-unsaturated/α-hetero) is 1. The van der Waals surface area contributed by atoms with Crippen LogP contribution in [0.4, 0.5) is 11.4 Å². The molecule has 24 heavy (non-hydrogen) atoms. The van der Waals surface area contributed by atoms with Crippen LogP contribution >= 0.6 is 0 Å².